The van der Waals surface area contributed by atoms with E-state index in [1.807, 2.05) is 0 Å². The molecule has 0 saturated heterocycles. The lowest BCUT2D eigenvalue weighted by molar-refractivity contribution is -0.0400. The standard InChI is InChI=1S/C25H46OP2/c1-28(21-14-6-3-7-15-21)25-19-11-9-17-23(25)26-22-16-8-10-18-24(22)27-20-12-4-2-5-13-20/h20-25,27H,2-19H2,1H3. The molecule has 28 heavy (non-hydrogen) atoms. The van der Waals surface area contributed by atoms with E-state index in [2.05, 4.69) is 6.66 Å². The van der Waals surface area contributed by atoms with E-state index in [9.17, 15) is 0 Å². The van der Waals surface area contributed by atoms with Gasteiger partial charge in [-0.1, -0.05) is 64.2 Å². The van der Waals surface area contributed by atoms with Gasteiger partial charge in [-0.2, -0.15) is 0 Å². The van der Waals surface area contributed by atoms with Crippen LogP contribution in [0.25, 0.3) is 0 Å². The molecule has 0 bridgehead atoms. The summed E-state index contributed by atoms with van der Waals surface area (Å²) in [5.74, 6) is 0. The van der Waals surface area contributed by atoms with Crippen LogP contribution in [0, 0.1) is 0 Å². The number of hydrogen-bond acceptors (Lipinski definition) is 1. The second-order valence-corrected chi connectivity index (χ2v) is 15.0. The summed E-state index contributed by atoms with van der Waals surface area (Å²) in [4.78, 5) is 0. The van der Waals surface area contributed by atoms with E-state index < -0.39 is 0 Å². The lowest BCUT2D eigenvalue weighted by Gasteiger charge is -2.44. The van der Waals surface area contributed by atoms with Crippen LogP contribution in [-0.2, 0) is 4.74 Å². The minimum Gasteiger partial charge on any atom is -0.374 e. The lowest BCUT2D eigenvalue weighted by atomic mass is 9.94. The fraction of sp³-hybridized carbons (Fsp3) is 1.00. The highest BCUT2D eigenvalue weighted by Gasteiger charge is 2.38. The van der Waals surface area contributed by atoms with Crippen molar-refractivity contribution in [3.05, 3.63) is 0 Å². The first kappa shape index (κ1) is 22.0. The fourth-order valence-electron chi connectivity index (χ4n) is 6.71. The van der Waals surface area contributed by atoms with Gasteiger partial charge in [0.05, 0.1) is 12.2 Å². The first-order valence-corrected chi connectivity index (χ1v) is 16.0. The zero-order valence-corrected chi connectivity index (χ0v) is 20.4. The highest BCUT2D eigenvalue weighted by molar-refractivity contribution is 7.58. The van der Waals surface area contributed by atoms with Crippen LogP contribution in [0.5, 0.6) is 0 Å². The quantitative estimate of drug-likeness (QED) is 0.392. The second-order valence-electron chi connectivity index (χ2n) is 10.4. The average Bonchev–Trinajstić information content (AvgIpc) is 2.76. The SMILES string of the molecule is CP(C1CCCCC1)C1CCCCC1OC1CCCCC1PC1CCCCC1. The van der Waals surface area contributed by atoms with Gasteiger partial charge in [-0.15, -0.1) is 16.5 Å². The van der Waals surface area contributed by atoms with E-state index in [1.54, 1.807) is 0 Å². The van der Waals surface area contributed by atoms with E-state index in [0.717, 1.165) is 22.6 Å². The predicted molar refractivity (Wildman–Crippen MR) is 128 cm³/mol. The van der Waals surface area contributed by atoms with Crippen LogP contribution < -0.4 is 0 Å². The Bertz CT molecular complexity index is 444. The zero-order chi connectivity index (χ0) is 19.2. The smallest absolute Gasteiger partial charge is 0.0646 e. The Morgan fingerprint density at radius 1 is 0.607 bits per heavy atom. The molecule has 0 aliphatic heterocycles. The zero-order valence-electron chi connectivity index (χ0n) is 18.5. The van der Waals surface area contributed by atoms with Crippen LogP contribution >= 0.6 is 16.5 Å². The van der Waals surface area contributed by atoms with E-state index in [0.29, 0.717) is 12.2 Å². The molecule has 6 unspecified atom stereocenters. The molecule has 4 rings (SSSR count). The summed E-state index contributed by atoms with van der Waals surface area (Å²) in [5, 5.41) is 0. The van der Waals surface area contributed by atoms with Gasteiger partial charge in [0.2, 0.25) is 0 Å². The lowest BCUT2D eigenvalue weighted by Crippen LogP contribution is -2.41. The first-order chi connectivity index (χ1) is 13.8. The van der Waals surface area contributed by atoms with E-state index in [4.69, 9.17) is 4.74 Å². The molecule has 0 aromatic rings. The van der Waals surface area contributed by atoms with Gasteiger partial charge in [-0.3, -0.25) is 0 Å². The minimum absolute atomic E-state index is 0.164. The molecule has 6 atom stereocenters. The van der Waals surface area contributed by atoms with Gasteiger partial charge >= 0.3 is 0 Å². The van der Waals surface area contributed by atoms with E-state index in [1.165, 1.54) is 124 Å². The highest BCUT2D eigenvalue weighted by atomic mass is 31.1. The van der Waals surface area contributed by atoms with Crippen molar-refractivity contribution in [1.29, 1.82) is 0 Å². The van der Waals surface area contributed by atoms with Crippen LogP contribution in [0.2, 0.25) is 0 Å². The highest BCUT2D eigenvalue weighted by Crippen LogP contribution is 2.54. The molecule has 0 aromatic carbocycles. The Morgan fingerprint density at radius 3 is 1.93 bits per heavy atom. The molecule has 0 N–H and O–H groups in total. The van der Waals surface area contributed by atoms with Crippen molar-refractivity contribution >= 4 is 16.5 Å². The normalized spacial score (nSPS) is 38.0. The van der Waals surface area contributed by atoms with Crippen LogP contribution in [0.1, 0.15) is 116 Å². The van der Waals surface area contributed by atoms with Gasteiger partial charge in [-0.25, -0.2) is 0 Å². The summed E-state index contributed by atoms with van der Waals surface area (Å²) in [6.07, 6.45) is 27.8. The van der Waals surface area contributed by atoms with Crippen molar-refractivity contribution in [2.75, 3.05) is 6.66 Å². The summed E-state index contributed by atoms with van der Waals surface area (Å²) in [6.45, 7) is 2.67. The Balaban J connectivity index is 1.36. The fourth-order valence-corrected chi connectivity index (χ4v) is 11.9. The minimum atomic E-state index is 0.164. The molecule has 4 fully saturated rings. The van der Waals surface area contributed by atoms with Crippen molar-refractivity contribution in [2.24, 2.45) is 0 Å². The van der Waals surface area contributed by atoms with Crippen molar-refractivity contribution < 1.29 is 4.74 Å². The second kappa shape index (κ2) is 11.4. The van der Waals surface area contributed by atoms with Gasteiger partial charge in [0.15, 0.2) is 0 Å². The maximum atomic E-state index is 7.13. The molecule has 0 amide bonds. The molecule has 1 nitrogen and oxygen atoms in total. The molecule has 4 aliphatic rings. The molecular weight excluding hydrogens is 378 g/mol. The molecular formula is C25H46OP2. The van der Waals surface area contributed by atoms with Crippen molar-refractivity contribution in [2.45, 2.75) is 150 Å². The maximum Gasteiger partial charge on any atom is 0.0646 e. The van der Waals surface area contributed by atoms with Crippen molar-refractivity contribution in [3.63, 3.8) is 0 Å². The predicted octanol–water partition coefficient (Wildman–Crippen LogP) is 8.08. The Kier molecular flexibility index (Phi) is 9.00. The van der Waals surface area contributed by atoms with Gasteiger partial charge < -0.3 is 4.74 Å². The van der Waals surface area contributed by atoms with Gasteiger partial charge in [0.25, 0.3) is 0 Å². The number of rotatable bonds is 6. The van der Waals surface area contributed by atoms with Gasteiger partial charge in [-0.05, 0) is 69.3 Å². The molecule has 4 aliphatic carbocycles. The summed E-state index contributed by atoms with van der Waals surface area (Å²) >= 11 is 0. The average molecular weight is 425 g/mol. The molecule has 4 saturated carbocycles. The van der Waals surface area contributed by atoms with Crippen molar-refractivity contribution in [3.8, 4) is 0 Å². The Hall–Kier alpha value is 0.820. The van der Waals surface area contributed by atoms with E-state index >= 15 is 0 Å². The monoisotopic (exact) mass is 424 g/mol. The summed E-state index contributed by atoms with van der Waals surface area (Å²) in [6, 6.07) is 0. The number of ether oxygens (including phenoxy) is 1. The molecule has 0 spiro atoms. The Labute approximate surface area is 178 Å². The van der Waals surface area contributed by atoms with Crippen LogP contribution in [0.4, 0.5) is 0 Å². The van der Waals surface area contributed by atoms with Crippen LogP contribution in [0.15, 0.2) is 0 Å². The molecule has 0 heterocycles. The Morgan fingerprint density at radius 2 is 1.18 bits per heavy atom. The van der Waals surface area contributed by atoms with E-state index in [-0.39, 0.29) is 7.92 Å². The molecule has 3 heteroatoms. The van der Waals surface area contributed by atoms with Gasteiger partial charge in [0, 0.05) is 11.3 Å². The summed E-state index contributed by atoms with van der Waals surface area (Å²) in [7, 11) is 1.37. The molecule has 0 radical (unpaired) electrons. The largest absolute Gasteiger partial charge is 0.374 e. The van der Waals surface area contributed by atoms with Crippen LogP contribution in [0.3, 0.4) is 0 Å². The summed E-state index contributed by atoms with van der Waals surface area (Å²) in [5.41, 5.74) is 3.95. The molecule has 162 valence electrons. The van der Waals surface area contributed by atoms with Crippen molar-refractivity contribution in [1.82, 2.24) is 0 Å². The third kappa shape index (κ3) is 5.95. The number of hydrogen-bond donors (Lipinski definition) is 0. The summed E-state index contributed by atoms with van der Waals surface area (Å²) < 4.78 is 7.13. The first-order valence-electron chi connectivity index (χ1n) is 12.9. The topological polar surface area (TPSA) is 9.23 Å². The third-order valence-electron chi connectivity index (χ3n) is 8.45. The van der Waals surface area contributed by atoms with Crippen LogP contribution in [-0.4, -0.2) is 41.5 Å². The maximum absolute atomic E-state index is 7.13. The molecule has 0 aromatic heterocycles. The van der Waals surface area contributed by atoms with Gasteiger partial charge in [0.1, 0.15) is 0 Å². The third-order valence-corrected chi connectivity index (χ3v) is 13.9.